The number of halogens is 4. The van der Waals surface area contributed by atoms with Crippen molar-refractivity contribution in [3.63, 3.8) is 0 Å². The first-order valence-electron chi connectivity index (χ1n) is 5.79. The number of rotatable bonds is 4. The largest absolute Gasteiger partial charge is 0.325 e. The molecule has 0 aliphatic heterocycles. The number of thioether (sulfide) groups is 1. The van der Waals surface area contributed by atoms with Crippen LogP contribution in [-0.2, 0) is 4.79 Å². The molecule has 21 heavy (non-hydrogen) atoms. The van der Waals surface area contributed by atoms with Crippen molar-refractivity contribution in [3.8, 4) is 0 Å². The lowest BCUT2D eigenvalue weighted by Gasteiger charge is -2.08. The molecule has 0 spiro atoms. The van der Waals surface area contributed by atoms with Gasteiger partial charge in [-0.15, -0.1) is 11.8 Å². The van der Waals surface area contributed by atoms with Crippen molar-refractivity contribution < 1.29 is 9.18 Å². The first-order valence-corrected chi connectivity index (χ1v) is 7.91. The fraction of sp³-hybridized carbons (Fsp3) is 0.0714. The Hall–Kier alpha value is -0.940. The Morgan fingerprint density at radius 3 is 2.38 bits per heavy atom. The number of hydrogen-bond donors (Lipinski definition) is 1. The smallest absolute Gasteiger partial charge is 0.234 e. The van der Waals surface area contributed by atoms with Crippen molar-refractivity contribution in [1.29, 1.82) is 0 Å². The maximum Gasteiger partial charge on any atom is 0.234 e. The second-order valence-corrected chi connectivity index (χ2v) is 6.22. The fourth-order valence-corrected chi connectivity index (χ4v) is 3.19. The Bertz CT molecular complexity index is 661. The van der Waals surface area contributed by atoms with Gasteiger partial charge in [-0.25, -0.2) is 4.39 Å². The summed E-state index contributed by atoms with van der Waals surface area (Å²) in [5.41, 5.74) is 0.428. The van der Waals surface area contributed by atoms with E-state index in [0.29, 0.717) is 20.6 Å². The number of anilines is 1. The minimum atomic E-state index is -0.535. The van der Waals surface area contributed by atoms with Gasteiger partial charge >= 0.3 is 0 Å². The molecule has 0 unspecified atom stereocenters. The molecular weight excluding hydrogens is 356 g/mol. The number of carbonyl (C=O) groups is 1. The van der Waals surface area contributed by atoms with Gasteiger partial charge in [0.25, 0.3) is 0 Å². The number of carbonyl (C=O) groups excluding carboxylic acids is 1. The SMILES string of the molecule is O=C(CSc1c(Cl)cccc1Cl)Nc1ccc(F)c(Cl)c1. The van der Waals surface area contributed by atoms with Crippen molar-refractivity contribution in [2.75, 3.05) is 11.1 Å². The number of benzene rings is 2. The van der Waals surface area contributed by atoms with Crippen LogP contribution in [0.1, 0.15) is 0 Å². The zero-order valence-corrected chi connectivity index (χ0v) is 13.6. The van der Waals surface area contributed by atoms with Gasteiger partial charge in [0.15, 0.2) is 0 Å². The maximum absolute atomic E-state index is 13.0. The van der Waals surface area contributed by atoms with E-state index in [9.17, 15) is 9.18 Å². The lowest BCUT2D eigenvalue weighted by Crippen LogP contribution is -2.14. The molecule has 2 aromatic carbocycles. The van der Waals surface area contributed by atoms with E-state index in [-0.39, 0.29) is 16.7 Å². The van der Waals surface area contributed by atoms with Gasteiger partial charge in [0.2, 0.25) is 5.91 Å². The van der Waals surface area contributed by atoms with Crippen LogP contribution < -0.4 is 5.32 Å². The van der Waals surface area contributed by atoms with Gasteiger partial charge in [0.05, 0.1) is 20.8 Å². The highest BCUT2D eigenvalue weighted by Crippen LogP contribution is 2.33. The van der Waals surface area contributed by atoms with Gasteiger partial charge in [-0.1, -0.05) is 40.9 Å². The zero-order chi connectivity index (χ0) is 15.4. The molecule has 2 nitrogen and oxygen atoms in total. The molecule has 0 saturated carbocycles. The summed E-state index contributed by atoms with van der Waals surface area (Å²) in [5, 5.41) is 3.56. The van der Waals surface area contributed by atoms with E-state index in [2.05, 4.69) is 5.32 Å². The molecule has 0 radical (unpaired) electrons. The predicted octanol–water partition coefficient (Wildman–Crippen LogP) is 5.52. The summed E-state index contributed by atoms with van der Waals surface area (Å²) in [6.07, 6.45) is 0. The van der Waals surface area contributed by atoms with E-state index >= 15 is 0 Å². The number of amides is 1. The van der Waals surface area contributed by atoms with Gasteiger partial charge in [0, 0.05) is 10.6 Å². The van der Waals surface area contributed by atoms with Crippen molar-refractivity contribution >= 4 is 58.2 Å². The first kappa shape index (κ1) is 16.4. The van der Waals surface area contributed by atoms with Crippen LogP contribution in [0.5, 0.6) is 0 Å². The third kappa shape index (κ3) is 4.51. The average molecular weight is 365 g/mol. The second kappa shape index (κ2) is 7.36. The van der Waals surface area contributed by atoms with E-state index in [1.165, 1.54) is 30.0 Å². The molecule has 0 fully saturated rings. The minimum absolute atomic E-state index is 0.0467. The molecule has 0 bridgehead atoms. The quantitative estimate of drug-likeness (QED) is 0.724. The molecule has 0 aliphatic carbocycles. The van der Waals surface area contributed by atoms with Gasteiger partial charge < -0.3 is 5.32 Å². The maximum atomic E-state index is 13.0. The summed E-state index contributed by atoms with van der Waals surface area (Å²) in [7, 11) is 0. The van der Waals surface area contributed by atoms with Crippen LogP contribution in [0.25, 0.3) is 0 Å². The van der Waals surface area contributed by atoms with E-state index in [1.807, 2.05) is 0 Å². The van der Waals surface area contributed by atoms with Crippen LogP contribution in [0, 0.1) is 5.82 Å². The summed E-state index contributed by atoms with van der Waals surface area (Å²) < 4.78 is 13.0. The van der Waals surface area contributed by atoms with Crippen molar-refractivity contribution in [3.05, 3.63) is 57.3 Å². The molecule has 110 valence electrons. The Morgan fingerprint density at radius 2 is 1.76 bits per heavy atom. The highest BCUT2D eigenvalue weighted by atomic mass is 35.5. The lowest BCUT2D eigenvalue weighted by atomic mass is 10.3. The summed E-state index contributed by atoms with van der Waals surface area (Å²) in [6, 6.07) is 9.11. The Morgan fingerprint density at radius 1 is 1.10 bits per heavy atom. The van der Waals surface area contributed by atoms with Gasteiger partial charge in [-0.05, 0) is 30.3 Å². The standard InChI is InChI=1S/C14H9Cl3FNOS/c15-9-2-1-3-10(16)14(9)21-7-13(20)19-8-4-5-12(18)11(17)6-8/h1-6H,7H2,(H,19,20). The third-order valence-corrected chi connectivity index (χ3v) is 4.75. The third-order valence-electron chi connectivity index (χ3n) is 2.47. The molecule has 7 heteroatoms. The summed E-state index contributed by atoms with van der Waals surface area (Å²) in [6.45, 7) is 0. The normalized spacial score (nSPS) is 10.5. The molecule has 0 aliphatic rings. The predicted molar refractivity (Wildman–Crippen MR) is 87.2 cm³/mol. The van der Waals surface area contributed by atoms with Gasteiger partial charge in [-0.2, -0.15) is 0 Å². The molecule has 0 atom stereocenters. The van der Waals surface area contributed by atoms with E-state index in [4.69, 9.17) is 34.8 Å². The monoisotopic (exact) mass is 363 g/mol. The number of hydrogen-bond acceptors (Lipinski definition) is 2. The van der Waals surface area contributed by atoms with Gasteiger partial charge in [-0.3, -0.25) is 4.79 Å². The van der Waals surface area contributed by atoms with Crippen molar-refractivity contribution in [1.82, 2.24) is 0 Å². The van der Waals surface area contributed by atoms with E-state index in [0.717, 1.165) is 0 Å². The molecule has 1 amide bonds. The summed E-state index contributed by atoms with van der Waals surface area (Å²) >= 11 is 18.9. The molecule has 0 aromatic heterocycles. The van der Waals surface area contributed by atoms with Crippen molar-refractivity contribution in [2.45, 2.75) is 4.90 Å². The zero-order valence-electron chi connectivity index (χ0n) is 10.5. The highest BCUT2D eigenvalue weighted by molar-refractivity contribution is 8.00. The topological polar surface area (TPSA) is 29.1 Å². The molecule has 2 aromatic rings. The molecule has 2 rings (SSSR count). The molecule has 0 saturated heterocycles. The van der Waals surface area contributed by atoms with Crippen LogP contribution in [-0.4, -0.2) is 11.7 Å². The minimum Gasteiger partial charge on any atom is -0.325 e. The summed E-state index contributed by atoms with van der Waals surface area (Å²) in [5.74, 6) is -0.677. The van der Waals surface area contributed by atoms with Crippen LogP contribution in [0.4, 0.5) is 10.1 Å². The van der Waals surface area contributed by atoms with E-state index < -0.39 is 5.82 Å². The van der Waals surface area contributed by atoms with Gasteiger partial charge in [0.1, 0.15) is 5.82 Å². The van der Waals surface area contributed by atoms with Crippen LogP contribution >= 0.6 is 46.6 Å². The lowest BCUT2D eigenvalue weighted by molar-refractivity contribution is -0.113. The molecular formula is C14H9Cl3FNOS. The first-order chi connectivity index (χ1) is 9.97. The van der Waals surface area contributed by atoms with E-state index in [1.54, 1.807) is 18.2 Å². The van der Waals surface area contributed by atoms with Crippen LogP contribution in [0.3, 0.4) is 0 Å². The number of nitrogens with one attached hydrogen (secondary N) is 1. The fourth-order valence-electron chi connectivity index (χ4n) is 1.53. The highest BCUT2D eigenvalue weighted by Gasteiger charge is 2.10. The Labute approximate surface area is 140 Å². The molecule has 0 heterocycles. The van der Waals surface area contributed by atoms with Crippen molar-refractivity contribution in [2.24, 2.45) is 0 Å². The summed E-state index contributed by atoms with van der Waals surface area (Å²) in [4.78, 5) is 12.5. The molecule has 1 N–H and O–H groups in total. The Balaban J connectivity index is 1.97. The van der Waals surface area contributed by atoms with Crippen LogP contribution in [0.15, 0.2) is 41.3 Å². The second-order valence-electron chi connectivity index (χ2n) is 4.02. The average Bonchev–Trinajstić information content (AvgIpc) is 2.42. The van der Waals surface area contributed by atoms with Crippen LogP contribution in [0.2, 0.25) is 15.1 Å². The Kier molecular flexibility index (Phi) is 5.76.